The summed E-state index contributed by atoms with van der Waals surface area (Å²) in [6, 6.07) is 9.82. The van der Waals surface area contributed by atoms with Gasteiger partial charge in [-0.15, -0.1) is 0 Å². The van der Waals surface area contributed by atoms with Crippen molar-refractivity contribution in [3.63, 3.8) is 0 Å². The van der Waals surface area contributed by atoms with Crippen molar-refractivity contribution in [1.29, 1.82) is 0 Å². The molecule has 0 bridgehead atoms. The first kappa shape index (κ1) is 15.4. The number of hydrogen-bond acceptors (Lipinski definition) is 5. The second-order valence-corrected chi connectivity index (χ2v) is 5.22. The molecule has 7 nitrogen and oxygen atoms in total. The molecule has 2 aromatic carbocycles. The molecule has 120 valence electrons. The van der Waals surface area contributed by atoms with Crippen LogP contribution in [0.4, 0.5) is 11.4 Å². The highest BCUT2D eigenvalue weighted by Gasteiger charge is 2.36. The predicted molar refractivity (Wildman–Crippen MR) is 82.7 cm³/mol. The number of fused-ring (bicyclic) bond motifs is 1. The van der Waals surface area contributed by atoms with Gasteiger partial charge in [0.25, 0.3) is 11.8 Å². The molecule has 0 radical (unpaired) electrons. The highest BCUT2D eigenvalue weighted by atomic mass is 16.4. The minimum absolute atomic E-state index is 0.0210. The van der Waals surface area contributed by atoms with Gasteiger partial charge in [-0.3, -0.25) is 14.4 Å². The van der Waals surface area contributed by atoms with Crippen LogP contribution in [-0.4, -0.2) is 23.7 Å². The SMILES string of the molecule is CC(=O)Nc1ccc(N2C(=O)c3ccc(C(=O)[O-])cc3C2=O)cc1. The van der Waals surface area contributed by atoms with Crippen molar-refractivity contribution in [3.8, 4) is 0 Å². The predicted octanol–water partition coefficient (Wildman–Crippen LogP) is 0.809. The zero-order valence-corrected chi connectivity index (χ0v) is 12.5. The molecule has 24 heavy (non-hydrogen) atoms. The number of nitrogens with zero attached hydrogens (tertiary/aromatic N) is 1. The van der Waals surface area contributed by atoms with E-state index < -0.39 is 17.8 Å². The quantitative estimate of drug-likeness (QED) is 0.841. The van der Waals surface area contributed by atoms with Gasteiger partial charge >= 0.3 is 0 Å². The fraction of sp³-hybridized carbons (Fsp3) is 0.0588. The molecule has 1 aliphatic heterocycles. The number of imide groups is 1. The Bertz CT molecular complexity index is 886. The molecule has 1 N–H and O–H groups in total. The maximum Gasteiger partial charge on any atom is 0.266 e. The summed E-state index contributed by atoms with van der Waals surface area (Å²) in [6.07, 6.45) is 0. The van der Waals surface area contributed by atoms with E-state index in [2.05, 4.69) is 5.32 Å². The molecule has 3 amide bonds. The first-order chi connectivity index (χ1) is 11.4. The maximum absolute atomic E-state index is 12.5. The van der Waals surface area contributed by atoms with Crippen molar-refractivity contribution < 1.29 is 24.3 Å². The Labute approximate surface area is 136 Å². The van der Waals surface area contributed by atoms with Gasteiger partial charge in [-0.25, -0.2) is 4.90 Å². The van der Waals surface area contributed by atoms with Gasteiger partial charge in [-0.2, -0.15) is 0 Å². The Morgan fingerprint density at radius 2 is 1.58 bits per heavy atom. The van der Waals surface area contributed by atoms with E-state index >= 15 is 0 Å². The molecule has 1 heterocycles. The van der Waals surface area contributed by atoms with Gasteiger partial charge in [0.2, 0.25) is 5.91 Å². The van der Waals surface area contributed by atoms with Gasteiger partial charge in [0, 0.05) is 12.6 Å². The van der Waals surface area contributed by atoms with E-state index in [-0.39, 0.29) is 22.6 Å². The summed E-state index contributed by atoms with van der Waals surface area (Å²) in [5, 5.41) is 13.5. The topological polar surface area (TPSA) is 107 Å². The average Bonchev–Trinajstić information content (AvgIpc) is 2.79. The number of carbonyl (C=O) groups excluding carboxylic acids is 4. The lowest BCUT2D eigenvalue weighted by molar-refractivity contribution is -0.255. The zero-order chi connectivity index (χ0) is 17.4. The zero-order valence-electron chi connectivity index (χ0n) is 12.5. The third kappa shape index (κ3) is 2.52. The van der Waals surface area contributed by atoms with Crippen molar-refractivity contribution in [2.24, 2.45) is 0 Å². The van der Waals surface area contributed by atoms with E-state index in [4.69, 9.17) is 0 Å². The highest BCUT2D eigenvalue weighted by Crippen LogP contribution is 2.29. The summed E-state index contributed by atoms with van der Waals surface area (Å²) < 4.78 is 0. The lowest BCUT2D eigenvalue weighted by Crippen LogP contribution is -2.29. The third-order valence-corrected chi connectivity index (χ3v) is 3.57. The van der Waals surface area contributed by atoms with Gasteiger partial charge in [0.05, 0.1) is 22.8 Å². The lowest BCUT2D eigenvalue weighted by Gasteiger charge is -2.14. The minimum Gasteiger partial charge on any atom is -0.545 e. The Hall–Kier alpha value is -3.48. The molecule has 0 unspecified atom stereocenters. The molecule has 0 aromatic heterocycles. The molecule has 0 atom stereocenters. The van der Waals surface area contributed by atoms with Crippen LogP contribution in [0.25, 0.3) is 0 Å². The summed E-state index contributed by atoms with van der Waals surface area (Å²) >= 11 is 0. The van der Waals surface area contributed by atoms with Crippen LogP contribution in [0, 0.1) is 0 Å². The van der Waals surface area contributed by atoms with Gasteiger partial charge < -0.3 is 15.2 Å². The largest absolute Gasteiger partial charge is 0.545 e. The van der Waals surface area contributed by atoms with E-state index in [1.807, 2.05) is 0 Å². The molecular formula is C17H11N2O5-. The Morgan fingerprint density at radius 1 is 0.958 bits per heavy atom. The second kappa shape index (κ2) is 5.62. The van der Waals surface area contributed by atoms with E-state index in [0.29, 0.717) is 11.4 Å². The van der Waals surface area contributed by atoms with Crippen LogP contribution in [0.5, 0.6) is 0 Å². The maximum atomic E-state index is 12.5. The van der Waals surface area contributed by atoms with Crippen LogP contribution in [0.2, 0.25) is 0 Å². The molecule has 0 spiro atoms. The first-order valence-electron chi connectivity index (χ1n) is 7.00. The molecule has 0 saturated carbocycles. The van der Waals surface area contributed by atoms with E-state index in [0.717, 1.165) is 11.0 Å². The number of aromatic carboxylic acids is 1. The van der Waals surface area contributed by atoms with Crippen molar-refractivity contribution >= 4 is 35.1 Å². The number of carboxylic acid groups (broad SMARTS) is 1. The smallest absolute Gasteiger partial charge is 0.266 e. The van der Waals surface area contributed by atoms with Crippen LogP contribution in [-0.2, 0) is 4.79 Å². The standard InChI is InChI=1S/C17H12N2O5/c1-9(20)18-11-3-5-12(6-4-11)19-15(21)13-7-2-10(17(23)24)8-14(13)16(19)22/h2-8H,1H3,(H,18,20)(H,23,24)/p-1. The Morgan fingerprint density at radius 3 is 2.17 bits per heavy atom. The number of rotatable bonds is 3. The molecule has 0 fully saturated rings. The molecule has 0 saturated heterocycles. The number of carboxylic acids is 1. The monoisotopic (exact) mass is 323 g/mol. The van der Waals surface area contributed by atoms with Gasteiger partial charge in [-0.1, -0.05) is 6.07 Å². The van der Waals surface area contributed by atoms with Crippen molar-refractivity contribution in [2.75, 3.05) is 10.2 Å². The van der Waals surface area contributed by atoms with Crippen LogP contribution in [0.1, 0.15) is 38.0 Å². The van der Waals surface area contributed by atoms with Crippen molar-refractivity contribution in [1.82, 2.24) is 0 Å². The minimum atomic E-state index is -1.42. The lowest BCUT2D eigenvalue weighted by atomic mass is 10.1. The first-order valence-corrected chi connectivity index (χ1v) is 7.00. The number of nitrogens with one attached hydrogen (secondary N) is 1. The average molecular weight is 323 g/mol. The fourth-order valence-electron chi connectivity index (χ4n) is 2.50. The molecule has 0 aliphatic carbocycles. The third-order valence-electron chi connectivity index (χ3n) is 3.57. The number of carbonyl (C=O) groups is 4. The molecule has 3 rings (SSSR count). The normalized spacial score (nSPS) is 13.0. The van der Waals surface area contributed by atoms with Gasteiger partial charge in [-0.05, 0) is 42.0 Å². The van der Waals surface area contributed by atoms with Crippen molar-refractivity contribution in [2.45, 2.75) is 6.92 Å². The fourth-order valence-corrected chi connectivity index (χ4v) is 2.50. The number of benzene rings is 2. The summed E-state index contributed by atoms with van der Waals surface area (Å²) in [6.45, 7) is 1.37. The number of hydrogen-bond donors (Lipinski definition) is 1. The number of amides is 3. The molecule has 7 heteroatoms. The van der Waals surface area contributed by atoms with E-state index in [9.17, 15) is 24.3 Å². The van der Waals surface area contributed by atoms with E-state index in [1.54, 1.807) is 12.1 Å². The highest BCUT2D eigenvalue weighted by molar-refractivity contribution is 6.34. The summed E-state index contributed by atoms with van der Waals surface area (Å²) in [5.74, 6) is -2.80. The van der Waals surface area contributed by atoms with Crippen LogP contribution in [0.3, 0.4) is 0 Å². The van der Waals surface area contributed by atoms with Crippen LogP contribution in [0.15, 0.2) is 42.5 Å². The van der Waals surface area contributed by atoms with Crippen LogP contribution >= 0.6 is 0 Å². The van der Waals surface area contributed by atoms with E-state index in [1.165, 1.54) is 31.2 Å². The number of anilines is 2. The Balaban J connectivity index is 1.95. The molecular weight excluding hydrogens is 312 g/mol. The molecule has 2 aromatic rings. The summed E-state index contributed by atoms with van der Waals surface area (Å²) in [5.41, 5.74) is 0.841. The summed E-state index contributed by atoms with van der Waals surface area (Å²) in [7, 11) is 0. The summed E-state index contributed by atoms with van der Waals surface area (Å²) in [4.78, 5) is 47.8. The van der Waals surface area contributed by atoms with Gasteiger partial charge in [0.1, 0.15) is 0 Å². The van der Waals surface area contributed by atoms with Crippen LogP contribution < -0.4 is 15.3 Å². The second-order valence-electron chi connectivity index (χ2n) is 5.22. The van der Waals surface area contributed by atoms with Crippen molar-refractivity contribution in [3.05, 3.63) is 59.2 Å². The molecule has 1 aliphatic rings. The Kier molecular flexibility index (Phi) is 3.61. The van der Waals surface area contributed by atoms with Gasteiger partial charge in [0.15, 0.2) is 0 Å².